The van der Waals surface area contributed by atoms with E-state index in [9.17, 15) is 18.0 Å². The van der Waals surface area contributed by atoms with Gasteiger partial charge in [-0.3, -0.25) is 4.79 Å². The molecule has 0 saturated carbocycles. The minimum atomic E-state index is -4.43. The summed E-state index contributed by atoms with van der Waals surface area (Å²) in [5.74, 6) is -0.876. The number of alkyl halides is 3. The first-order chi connectivity index (χ1) is 6.70. The molecule has 6 heteroatoms. The van der Waals surface area contributed by atoms with Gasteiger partial charge in [0.2, 0.25) is 5.91 Å². The third-order valence-corrected chi connectivity index (χ3v) is 2.13. The summed E-state index contributed by atoms with van der Waals surface area (Å²) in [5, 5.41) is 0. The number of halogens is 3. The zero-order valence-electron chi connectivity index (χ0n) is 8.73. The lowest BCUT2D eigenvalue weighted by Crippen LogP contribution is -2.51. The van der Waals surface area contributed by atoms with E-state index in [2.05, 4.69) is 0 Å². The van der Waals surface area contributed by atoms with E-state index in [1.165, 1.54) is 4.90 Å². The molecule has 0 atom stereocenters. The van der Waals surface area contributed by atoms with E-state index in [-0.39, 0.29) is 19.7 Å². The van der Waals surface area contributed by atoms with E-state index >= 15 is 0 Å². The van der Waals surface area contributed by atoms with E-state index in [1.807, 2.05) is 0 Å². The quantitative estimate of drug-likeness (QED) is 0.678. The molecule has 1 saturated heterocycles. The van der Waals surface area contributed by atoms with Crippen molar-refractivity contribution in [3.63, 3.8) is 0 Å². The van der Waals surface area contributed by atoms with Crippen LogP contribution in [0.15, 0.2) is 0 Å². The molecule has 1 amide bonds. The largest absolute Gasteiger partial charge is 0.397 e. The molecule has 0 aromatic carbocycles. The van der Waals surface area contributed by atoms with E-state index < -0.39 is 24.1 Å². The molecule has 0 unspecified atom stereocenters. The molecule has 1 aliphatic heterocycles. The number of nitrogens with zero attached hydrogens (tertiary/aromatic N) is 1. The van der Waals surface area contributed by atoms with Gasteiger partial charge in [0.15, 0.2) is 0 Å². The molecule has 0 bridgehead atoms. The first-order valence-electron chi connectivity index (χ1n) is 4.68. The number of hydrogen-bond acceptors (Lipinski definition) is 2. The lowest BCUT2D eigenvalue weighted by atomic mass is 10.1. The molecule has 88 valence electrons. The number of morpholine rings is 1. The Morgan fingerprint density at radius 3 is 2.53 bits per heavy atom. The third-order valence-electron chi connectivity index (χ3n) is 2.13. The van der Waals surface area contributed by atoms with E-state index in [0.29, 0.717) is 0 Å². The summed E-state index contributed by atoms with van der Waals surface area (Å²) in [6.07, 6.45) is -5.82. The van der Waals surface area contributed by atoms with Crippen LogP contribution in [0.4, 0.5) is 13.2 Å². The van der Waals surface area contributed by atoms with Crippen molar-refractivity contribution in [2.45, 2.75) is 32.0 Å². The fraction of sp³-hybridized carbons (Fsp3) is 0.889. The van der Waals surface area contributed by atoms with Crippen molar-refractivity contribution in [1.29, 1.82) is 0 Å². The third kappa shape index (κ3) is 4.07. The number of ether oxygens (including phenoxy) is 1. The average Bonchev–Trinajstić information content (AvgIpc) is 1.99. The molecule has 3 nitrogen and oxygen atoms in total. The maximum absolute atomic E-state index is 12.0. The second kappa shape index (κ2) is 4.00. The number of amides is 1. The molecular weight excluding hydrogens is 211 g/mol. The highest BCUT2D eigenvalue weighted by atomic mass is 19.4. The van der Waals surface area contributed by atoms with Crippen LogP contribution in [0.1, 0.15) is 20.3 Å². The van der Waals surface area contributed by atoms with Crippen molar-refractivity contribution in [3.8, 4) is 0 Å². The summed E-state index contributed by atoms with van der Waals surface area (Å²) < 4.78 is 41.2. The molecule has 1 rings (SSSR count). The second-order valence-corrected chi connectivity index (χ2v) is 4.22. The molecule has 0 N–H and O–H groups in total. The van der Waals surface area contributed by atoms with E-state index in [4.69, 9.17) is 4.74 Å². The average molecular weight is 225 g/mol. The van der Waals surface area contributed by atoms with Crippen molar-refractivity contribution in [3.05, 3.63) is 0 Å². The van der Waals surface area contributed by atoms with Gasteiger partial charge in [0.1, 0.15) is 6.42 Å². The standard InChI is InChI=1S/C9H14F3NO2/c1-8(2)6-13(3-4-15-8)7(14)5-9(10,11)12/h3-6H2,1-2H3. The Hall–Kier alpha value is -0.780. The van der Waals surface area contributed by atoms with Crippen LogP contribution in [0.25, 0.3) is 0 Å². The monoisotopic (exact) mass is 225 g/mol. The lowest BCUT2D eigenvalue weighted by Gasteiger charge is -2.38. The zero-order valence-corrected chi connectivity index (χ0v) is 8.73. The SMILES string of the molecule is CC1(C)CN(C(=O)CC(F)(F)F)CCO1. The van der Waals surface area contributed by atoms with Crippen molar-refractivity contribution in [2.75, 3.05) is 19.7 Å². The van der Waals surface area contributed by atoms with Crippen LogP contribution in [0.3, 0.4) is 0 Å². The number of carbonyl (C=O) groups excluding carboxylic acids is 1. The van der Waals surface area contributed by atoms with Gasteiger partial charge in [-0.2, -0.15) is 13.2 Å². The summed E-state index contributed by atoms with van der Waals surface area (Å²) in [6.45, 7) is 4.23. The molecular formula is C9H14F3NO2. The second-order valence-electron chi connectivity index (χ2n) is 4.22. The Balaban J connectivity index is 2.53. The summed E-state index contributed by atoms with van der Waals surface area (Å²) in [4.78, 5) is 12.5. The molecule has 0 aromatic rings. The lowest BCUT2D eigenvalue weighted by molar-refractivity contribution is -0.170. The number of rotatable bonds is 1. The minimum Gasteiger partial charge on any atom is -0.372 e. The van der Waals surface area contributed by atoms with Crippen LogP contribution in [0, 0.1) is 0 Å². The topological polar surface area (TPSA) is 29.5 Å². The predicted molar refractivity (Wildman–Crippen MR) is 47.3 cm³/mol. The predicted octanol–water partition coefficient (Wildman–Crippen LogP) is 1.58. The van der Waals surface area contributed by atoms with Crippen molar-refractivity contribution < 1.29 is 22.7 Å². The highest BCUT2D eigenvalue weighted by Gasteiger charge is 2.36. The highest BCUT2D eigenvalue weighted by Crippen LogP contribution is 2.23. The van der Waals surface area contributed by atoms with Crippen molar-refractivity contribution in [1.82, 2.24) is 4.90 Å². The Labute approximate surface area is 86.2 Å². The zero-order chi connectivity index (χ0) is 11.7. The van der Waals surface area contributed by atoms with Gasteiger partial charge in [0.05, 0.1) is 12.2 Å². The van der Waals surface area contributed by atoms with Crippen molar-refractivity contribution in [2.24, 2.45) is 0 Å². The maximum atomic E-state index is 12.0. The van der Waals surface area contributed by atoms with Crippen LogP contribution in [0.5, 0.6) is 0 Å². The normalized spacial score (nSPS) is 21.5. The molecule has 1 heterocycles. The fourth-order valence-electron chi connectivity index (χ4n) is 1.51. The summed E-state index contributed by atoms with van der Waals surface area (Å²) in [6, 6.07) is 0. The molecule has 0 spiro atoms. The Bertz CT molecular complexity index is 250. The molecule has 0 aromatic heterocycles. The molecule has 15 heavy (non-hydrogen) atoms. The minimum absolute atomic E-state index is 0.210. The molecule has 0 radical (unpaired) electrons. The Kier molecular flexibility index (Phi) is 3.28. The Morgan fingerprint density at radius 2 is 2.07 bits per heavy atom. The summed E-state index contributed by atoms with van der Waals surface area (Å²) in [5.41, 5.74) is -0.556. The number of hydrogen-bond donors (Lipinski definition) is 0. The summed E-state index contributed by atoms with van der Waals surface area (Å²) >= 11 is 0. The van der Waals surface area contributed by atoms with E-state index in [1.54, 1.807) is 13.8 Å². The van der Waals surface area contributed by atoms with Crippen LogP contribution >= 0.6 is 0 Å². The smallest absolute Gasteiger partial charge is 0.372 e. The van der Waals surface area contributed by atoms with Gasteiger partial charge in [-0.1, -0.05) is 0 Å². The van der Waals surface area contributed by atoms with Crippen LogP contribution in [-0.2, 0) is 9.53 Å². The van der Waals surface area contributed by atoms with Gasteiger partial charge in [-0.25, -0.2) is 0 Å². The van der Waals surface area contributed by atoms with Gasteiger partial charge < -0.3 is 9.64 Å². The fourth-order valence-corrected chi connectivity index (χ4v) is 1.51. The molecule has 1 aliphatic rings. The van der Waals surface area contributed by atoms with Gasteiger partial charge in [-0.15, -0.1) is 0 Å². The summed E-state index contributed by atoms with van der Waals surface area (Å²) in [7, 11) is 0. The van der Waals surface area contributed by atoms with Crippen LogP contribution in [0.2, 0.25) is 0 Å². The molecule has 1 fully saturated rings. The highest BCUT2D eigenvalue weighted by molar-refractivity contribution is 5.77. The van der Waals surface area contributed by atoms with Gasteiger partial charge in [-0.05, 0) is 13.8 Å². The van der Waals surface area contributed by atoms with Crippen molar-refractivity contribution >= 4 is 5.91 Å². The first kappa shape index (κ1) is 12.3. The maximum Gasteiger partial charge on any atom is 0.397 e. The van der Waals surface area contributed by atoms with Gasteiger partial charge in [0.25, 0.3) is 0 Å². The molecule has 0 aliphatic carbocycles. The van der Waals surface area contributed by atoms with Gasteiger partial charge in [0, 0.05) is 13.1 Å². The van der Waals surface area contributed by atoms with Crippen LogP contribution in [-0.4, -0.2) is 42.3 Å². The first-order valence-corrected chi connectivity index (χ1v) is 4.68. The van der Waals surface area contributed by atoms with E-state index in [0.717, 1.165) is 0 Å². The number of carbonyl (C=O) groups is 1. The van der Waals surface area contributed by atoms with Crippen LogP contribution < -0.4 is 0 Å². The van der Waals surface area contributed by atoms with Gasteiger partial charge >= 0.3 is 6.18 Å². The Morgan fingerprint density at radius 1 is 1.47 bits per heavy atom.